The van der Waals surface area contributed by atoms with E-state index in [9.17, 15) is 0 Å². The highest BCUT2D eigenvalue weighted by Crippen LogP contribution is 2.28. The Bertz CT molecular complexity index is 1460. The number of benzene rings is 3. The van der Waals surface area contributed by atoms with E-state index in [1.54, 1.807) is 7.11 Å². The maximum atomic E-state index is 5.59. The molecule has 0 bridgehead atoms. The number of hydrogen-bond acceptors (Lipinski definition) is 4. The maximum absolute atomic E-state index is 5.59. The summed E-state index contributed by atoms with van der Waals surface area (Å²) in [4.78, 5) is 4.77. The average molecular weight is 479 g/mol. The van der Waals surface area contributed by atoms with Gasteiger partial charge in [0, 0.05) is 54.7 Å². The molecule has 5 heteroatoms. The molecule has 5 rings (SSSR count). The van der Waals surface area contributed by atoms with Crippen LogP contribution < -0.4 is 15.4 Å². The molecule has 3 aromatic carbocycles. The molecule has 0 aliphatic heterocycles. The van der Waals surface area contributed by atoms with Crippen LogP contribution in [0.15, 0.2) is 91.1 Å². The number of para-hydroxylation sites is 2. The number of aromatic nitrogens is 2. The minimum atomic E-state index is 0.0307. The van der Waals surface area contributed by atoms with Crippen molar-refractivity contribution in [2.75, 3.05) is 25.5 Å². The van der Waals surface area contributed by atoms with E-state index in [2.05, 4.69) is 89.8 Å². The number of rotatable bonds is 10. The zero-order valence-electron chi connectivity index (χ0n) is 21.3. The van der Waals surface area contributed by atoms with Crippen molar-refractivity contribution >= 4 is 27.6 Å². The van der Waals surface area contributed by atoms with Crippen molar-refractivity contribution in [3.63, 3.8) is 0 Å². The zero-order chi connectivity index (χ0) is 25.0. The van der Waals surface area contributed by atoms with E-state index in [-0.39, 0.29) is 5.41 Å². The van der Waals surface area contributed by atoms with Crippen molar-refractivity contribution in [2.24, 2.45) is 5.41 Å². The molecule has 0 amide bonds. The molecule has 0 fully saturated rings. The molecule has 2 aromatic heterocycles. The molecule has 0 aliphatic rings. The molecule has 5 nitrogen and oxygen atoms in total. The van der Waals surface area contributed by atoms with Crippen LogP contribution in [-0.2, 0) is 13.1 Å². The highest BCUT2D eigenvalue weighted by Gasteiger charge is 2.19. The van der Waals surface area contributed by atoms with E-state index >= 15 is 0 Å². The lowest BCUT2D eigenvalue weighted by Crippen LogP contribution is -2.34. The van der Waals surface area contributed by atoms with Crippen LogP contribution in [0.5, 0.6) is 5.75 Å². The monoisotopic (exact) mass is 478 g/mol. The lowest BCUT2D eigenvalue weighted by Gasteiger charge is -2.26. The minimum absolute atomic E-state index is 0.0307. The van der Waals surface area contributed by atoms with Gasteiger partial charge in [0.2, 0.25) is 0 Å². The summed E-state index contributed by atoms with van der Waals surface area (Å²) in [5.74, 6) is 1.67. The maximum Gasteiger partial charge on any atom is 0.131 e. The third kappa shape index (κ3) is 5.37. The van der Waals surface area contributed by atoms with Crippen LogP contribution in [0, 0.1) is 5.41 Å². The molecule has 0 spiro atoms. The van der Waals surface area contributed by atoms with E-state index < -0.39 is 0 Å². The molecule has 0 saturated heterocycles. The summed E-state index contributed by atoms with van der Waals surface area (Å²) in [6, 6.07) is 29.3. The molecule has 2 heterocycles. The lowest BCUT2D eigenvalue weighted by molar-refractivity contribution is 0.361. The van der Waals surface area contributed by atoms with Gasteiger partial charge in [-0.2, -0.15) is 0 Å². The summed E-state index contributed by atoms with van der Waals surface area (Å²) in [5, 5.41) is 9.56. The summed E-state index contributed by atoms with van der Waals surface area (Å²) < 4.78 is 7.95. The van der Waals surface area contributed by atoms with Gasteiger partial charge in [0.05, 0.1) is 12.6 Å². The molecule has 0 saturated carbocycles. The van der Waals surface area contributed by atoms with E-state index in [1.165, 1.54) is 22.0 Å². The van der Waals surface area contributed by atoms with Crippen LogP contribution in [0.25, 0.3) is 21.8 Å². The van der Waals surface area contributed by atoms with Crippen LogP contribution in [0.2, 0.25) is 0 Å². The van der Waals surface area contributed by atoms with Gasteiger partial charge in [-0.25, -0.2) is 4.98 Å². The third-order valence-electron chi connectivity index (χ3n) is 6.63. The molecule has 0 radical (unpaired) electrons. The minimum Gasteiger partial charge on any atom is -0.496 e. The summed E-state index contributed by atoms with van der Waals surface area (Å²) in [6.07, 6.45) is 2.29. The largest absolute Gasteiger partial charge is 0.496 e. The first-order chi connectivity index (χ1) is 17.5. The number of pyridine rings is 1. The van der Waals surface area contributed by atoms with Crippen LogP contribution >= 0.6 is 0 Å². The number of methoxy groups -OCH3 is 1. The van der Waals surface area contributed by atoms with E-state index in [0.29, 0.717) is 0 Å². The SMILES string of the molecule is COc1cc(NCC(C)(C)CNCc2cn(Cc3ccccc3)c3ccccc23)nc2ccccc12. The van der Waals surface area contributed by atoms with Gasteiger partial charge < -0.3 is 19.9 Å². The van der Waals surface area contributed by atoms with Crippen molar-refractivity contribution in [1.29, 1.82) is 0 Å². The number of nitrogens with one attached hydrogen (secondary N) is 2. The van der Waals surface area contributed by atoms with E-state index in [0.717, 1.165) is 48.6 Å². The number of hydrogen-bond donors (Lipinski definition) is 2. The van der Waals surface area contributed by atoms with Crippen molar-refractivity contribution in [2.45, 2.75) is 26.9 Å². The fourth-order valence-corrected chi connectivity index (χ4v) is 4.71. The zero-order valence-corrected chi connectivity index (χ0v) is 21.3. The van der Waals surface area contributed by atoms with E-state index in [4.69, 9.17) is 9.72 Å². The summed E-state index contributed by atoms with van der Waals surface area (Å²) >= 11 is 0. The second kappa shape index (κ2) is 10.4. The van der Waals surface area contributed by atoms with Gasteiger partial charge in [-0.05, 0) is 34.7 Å². The molecular formula is C31H34N4O. The lowest BCUT2D eigenvalue weighted by atomic mass is 9.93. The van der Waals surface area contributed by atoms with Gasteiger partial charge in [0.1, 0.15) is 11.6 Å². The normalized spacial score (nSPS) is 11.8. The summed E-state index contributed by atoms with van der Waals surface area (Å²) in [5.41, 5.74) is 4.87. The molecule has 5 aromatic rings. The Balaban J connectivity index is 1.23. The van der Waals surface area contributed by atoms with Crippen LogP contribution in [0.4, 0.5) is 5.82 Å². The van der Waals surface area contributed by atoms with Gasteiger partial charge in [-0.15, -0.1) is 0 Å². The van der Waals surface area contributed by atoms with Crippen molar-refractivity contribution in [3.05, 3.63) is 102 Å². The Hall–Kier alpha value is -3.83. The second-order valence-corrected chi connectivity index (χ2v) is 10.1. The standard InChI is InChI=1S/C31H34N4O/c1-31(2,22-33-30-17-29(36-3)26-14-7-9-15-27(26)34-30)21-32-18-24-20-35(19-23-11-5-4-6-12-23)28-16-10-8-13-25(24)28/h4-17,20,32H,18-19,21-22H2,1-3H3,(H,33,34). The van der Waals surface area contributed by atoms with Gasteiger partial charge >= 0.3 is 0 Å². The first-order valence-corrected chi connectivity index (χ1v) is 12.5. The highest BCUT2D eigenvalue weighted by molar-refractivity contribution is 5.87. The van der Waals surface area contributed by atoms with Crippen LogP contribution in [0.1, 0.15) is 25.0 Å². The van der Waals surface area contributed by atoms with Crippen LogP contribution in [0.3, 0.4) is 0 Å². The Morgan fingerprint density at radius 3 is 2.39 bits per heavy atom. The van der Waals surface area contributed by atoms with Crippen molar-refractivity contribution in [1.82, 2.24) is 14.9 Å². The number of fused-ring (bicyclic) bond motifs is 2. The van der Waals surface area contributed by atoms with Gasteiger partial charge in [-0.1, -0.05) is 74.5 Å². The molecule has 184 valence electrons. The average Bonchev–Trinajstić information content (AvgIpc) is 3.24. The molecule has 2 N–H and O–H groups in total. The Morgan fingerprint density at radius 1 is 0.861 bits per heavy atom. The van der Waals surface area contributed by atoms with E-state index in [1.807, 2.05) is 30.3 Å². The molecule has 0 unspecified atom stereocenters. The van der Waals surface area contributed by atoms with Crippen LogP contribution in [-0.4, -0.2) is 29.8 Å². The predicted octanol–water partition coefficient (Wildman–Crippen LogP) is 6.47. The number of anilines is 1. The van der Waals surface area contributed by atoms with Gasteiger partial charge in [0.15, 0.2) is 0 Å². The molecular weight excluding hydrogens is 444 g/mol. The fraction of sp³-hybridized carbons (Fsp3) is 0.258. The summed E-state index contributed by atoms with van der Waals surface area (Å²) in [7, 11) is 1.70. The Kier molecular flexibility index (Phi) is 6.92. The second-order valence-electron chi connectivity index (χ2n) is 10.1. The smallest absolute Gasteiger partial charge is 0.131 e. The highest BCUT2D eigenvalue weighted by atomic mass is 16.5. The fourth-order valence-electron chi connectivity index (χ4n) is 4.71. The van der Waals surface area contributed by atoms with Gasteiger partial charge in [-0.3, -0.25) is 0 Å². The molecule has 0 aliphatic carbocycles. The van der Waals surface area contributed by atoms with Crippen molar-refractivity contribution in [3.8, 4) is 5.75 Å². The van der Waals surface area contributed by atoms with Gasteiger partial charge in [0.25, 0.3) is 0 Å². The first kappa shape index (κ1) is 23.9. The molecule has 36 heavy (non-hydrogen) atoms. The molecule has 0 atom stereocenters. The third-order valence-corrected chi connectivity index (χ3v) is 6.63. The summed E-state index contributed by atoms with van der Waals surface area (Å²) in [6.45, 7) is 7.91. The Labute approximate surface area is 213 Å². The number of ether oxygens (including phenoxy) is 1. The first-order valence-electron chi connectivity index (χ1n) is 12.5. The topological polar surface area (TPSA) is 51.1 Å². The van der Waals surface area contributed by atoms with Crippen molar-refractivity contribution < 1.29 is 4.74 Å². The Morgan fingerprint density at radius 2 is 1.58 bits per heavy atom. The predicted molar refractivity (Wildman–Crippen MR) is 150 cm³/mol. The quantitative estimate of drug-likeness (QED) is 0.241. The number of nitrogens with zero attached hydrogens (tertiary/aromatic N) is 2.